The number of benzene rings is 2. The lowest BCUT2D eigenvalue weighted by Crippen LogP contribution is -2.38. The van der Waals surface area contributed by atoms with E-state index in [0.29, 0.717) is 25.3 Å². The van der Waals surface area contributed by atoms with Crippen molar-refractivity contribution in [1.29, 1.82) is 0 Å². The van der Waals surface area contributed by atoms with Crippen molar-refractivity contribution in [3.05, 3.63) is 65.2 Å². The number of rotatable bonds is 12. The Morgan fingerprint density at radius 2 is 1.84 bits per heavy atom. The van der Waals surface area contributed by atoms with E-state index in [0.717, 1.165) is 48.8 Å². The third-order valence-electron chi connectivity index (χ3n) is 4.61. The molecule has 7 nitrogen and oxygen atoms in total. The standard InChI is InChI=1S/C24H34N4O3.HI/c1-4-26-24(28-15-13-19-7-5-8-21(17-19)23(29)25-2)27-14-6-16-31-18-20-9-11-22(30-3)12-10-20;/h5,7-12,17H,4,6,13-16,18H2,1-3H3,(H,25,29)(H2,26,27,28);1H. The molecule has 2 rings (SSSR count). The molecule has 8 heteroatoms. The molecule has 0 aromatic heterocycles. The van der Waals surface area contributed by atoms with Crippen LogP contribution in [-0.2, 0) is 17.8 Å². The summed E-state index contributed by atoms with van der Waals surface area (Å²) in [5.74, 6) is 1.57. The predicted molar refractivity (Wildman–Crippen MR) is 140 cm³/mol. The van der Waals surface area contributed by atoms with E-state index in [-0.39, 0.29) is 29.9 Å². The summed E-state index contributed by atoms with van der Waals surface area (Å²) in [6, 6.07) is 15.6. The third-order valence-corrected chi connectivity index (χ3v) is 4.61. The third kappa shape index (κ3) is 10.3. The second-order valence-electron chi connectivity index (χ2n) is 6.97. The molecule has 3 N–H and O–H groups in total. The molecule has 32 heavy (non-hydrogen) atoms. The first-order valence-electron chi connectivity index (χ1n) is 10.7. The summed E-state index contributed by atoms with van der Waals surface area (Å²) in [7, 11) is 3.30. The Hall–Kier alpha value is -2.33. The first-order chi connectivity index (χ1) is 15.2. The number of methoxy groups -OCH3 is 1. The fraction of sp³-hybridized carbons (Fsp3) is 0.417. The zero-order chi connectivity index (χ0) is 22.3. The monoisotopic (exact) mass is 554 g/mol. The molecule has 2 aromatic rings. The van der Waals surface area contributed by atoms with Crippen molar-refractivity contribution >= 4 is 35.8 Å². The number of halogens is 1. The Morgan fingerprint density at radius 1 is 1.06 bits per heavy atom. The van der Waals surface area contributed by atoms with Gasteiger partial charge in [0.2, 0.25) is 0 Å². The molecule has 0 spiro atoms. The number of carbonyl (C=O) groups is 1. The summed E-state index contributed by atoms with van der Waals surface area (Å²) >= 11 is 0. The summed E-state index contributed by atoms with van der Waals surface area (Å²) in [5, 5.41) is 9.25. The van der Waals surface area contributed by atoms with Gasteiger partial charge in [-0.15, -0.1) is 24.0 Å². The molecule has 0 saturated carbocycles. The summed E-state index contributed by atoms with van der Waals surface area (Å²) < 4.78 is 10.9. The minimum Gasteiger partial charge on any atom is -0.497 e. The van der Waals surface area contributed by atoms with Crippen molar-refractivity contribution in [2.24, 2.45) is 4.99 Å². The number of amides is 1. The summed E-state index contributed by atoms with van der Waals surface area (Å²) in [5.41, 5.74) is 2.91. The average molecular weight is 554 g/mol. The van der Waals surface area contributed by atoms with Crippen LogP contribution in [0.4, 0.5) is 0 Å². The highest BCUT2D eigenvalue weighted by Crippen LogP contribution is 2.12. The number of nitrogens with zero attached hydrogens (tertiary/aromatic N) is 1. The van der Waals surface area contributed by atoms with Gasteiger partial charge < -0.3 is 25.4 Å². The van der Waals surface area contributed by atoms with Crippen LogP contribution in [0.5, 0.6) is 5.75 Å². The van der Waals surface area contributed by atoms with Gasteiger partial charge in [-0.25, -0.2) is 0 Å². The molecule has 1 amide bonds. The Morgan fingerprint density at radius 3 is 2.53 bits per heavy atom. The van der Waals surface area contributed by atoms with Gasteiger partial charge in [-0.2, -0.15) is 0 Å². The van der Waals surface area contributed by atoms with Crippen molar-refractivity contribution < 1.29 is 14.3 Å². The molecule has 0 aliphatic carbocycles. The molecule has 0 heterocycles. The number of guanidine groups is 1. The second-order valence-corrected chi connectivity index (χ2v) is 6.97. The predicted octanol–water partition coefficient (Wildman–Crippen LogP) is 3.38. The van der Waals surface area contributed by atoms with E-state index < -0.39 is 0 Å². The van der Waals surface area contributed by atoms with E-state index in [9.17, 15) is 4.79 Å². The fourth-order valence-electron chi connectivity index (χ4n) is 2.95. The van der Waals surface area contributed by atoms with Gasteiger partial charge in [0.1, 0.15) is 5.75 Å². The van der Waals surface area contributed by atoms with Gasteiger partial charge in [0.05, 0.1) is 13.7 Å². The molecular formula is C24H35IN4O3. The van der Waals surface area contributed by atoms with E-state index in [1.807, 2.05) is 55.5 Å². The van der Waals surface area contributed by atoms with Crippen LogP contribution in [0.1, 0.15) is 34.8 Å². The quantitative estimate of drug-likeness (QED) is 0.162. The van der Waals surface area contributed by atoms with Gasteiger partial charge in [-0.3, -0.25) is 9.79 Å². The van der Waals surface area contributed by atoms with Gasteiger partial charge in [0.15, 0.2) is 5.96 Å². The maximum Gasteiger partial charge on any atom is 0.251 e. The van der Waals surface area contributed by atoms with Crippen LogP contribution in [-0.4, -0.2) is 52.3 Å². The molecule has 0 radical (unpaired) electrons. The number of nitrogens with one attached hydrogen (secondary N) is 3. The van der Waals surface area contributed by atoms with Gasteiger partial charge in [0, 0.05) is 38.9 Å². The topological polar surface area (TPSA) is 84.0 Å². The van der Waals surface area contributed by atoms with Crippen LogP contribution in [0.2, 0.25) is 0 Å². The highest BCUT2D eigenvalue weighted by atomic mass is 127. The number of aliphatic imine (C=N–C) groups is 1. The van der Waals surface area contributed by atoms with Crippen molar-refractivity contribution in [1.82, 2.24) is 16.0 Å². The van der Waals surface area contributed by atoms with Crippen molar-refractivity contribution in [3.8, 4) is 5.75 Å². The van der Waals surface area contributed by atoms with Gasteiger partial charge >= 0.3 is 0 Å². The van der Waals surface area contributed by atoms with E-state index >= 15 is 0 Å². The van der Waals surface area contributed by atoms with Crippen LogP contribution in [0.3, 0.4) is 0 Å². The van der Waals surface area contributed by atoms with E-state index in [2.05, 4.69) is 20.9 Å². The van der Waals surface area contributed by atoms with Crippen LogP contribution in [0, 0.1) is 0 Å². The van der Waals surface area contributed by atoms with Gasteiger partial charge in [-0.1, -0.05) is 24.3 Å². The number of carbonyl (C=O) groups excluding carboxylic acids is 1. The SMILES string of the molecule is CCNC(=NCCCOCc1ccc(OC)cc1)NCCc1cccc(C(=O)NC)c1.I. The molecular weight excluding hydrogens is 519 g/mol. The first kappa shape index (κ1) is 27.7. The van der Waals surface area contributed by atoms with E-state index in [1.54, 1.807) is 14.2 Å². The van der Waals surface area contributed by atoms with Crippen molar-refractivity contribution in [3.63, 3.8) is 0 Å². The fourth-order valence-corrected chi connectivity index (χ4v) is 2.95. The Labute approximate surface area is 208 Å². The van der Waals surface area contributed by atoms with Crippen LogP contribution in [0.25, 0.3) is 0 Å². The molecule has 0 fully saturated rings. The van der Waals surface area contributed by atoms with Crippen LogP contribution < -0.4 is 20.7 Å². The zero-order valence-electron chi connectivity index (χ0n) is 19.1. The summed E-state index contributed by atoms with van der Waals surface area (Å²) in [4.78, 5) is 16.4. The van der Waals surface area contributed by atoms with E-state index in [4.69, 9.17) is 9.47 Å². The lowest BCUT2D eigenvalue weighted by atomic mass is 10.1. The number of ether oxygens (including phenoxy) is 2. The van der Waals surface area contributed by atoms with Crippen molar-refractivity contribution in [2.45, 2.75) is 26.4 Å². The number of hydrogen-bond donors (Lipinski definition) is 3. The lowest BCUT2D eigenvalue weighted by molar-refractivity contribution is 0.0963. The second kappa shape index (κ2) is 16.3. The Bertz CT molecular complexity index is 828. The van der Waals surface area contributed by atoms with Crippen LogP contribution >= 0.6 is 24.0 Å². The average Bonchev–Trinajstić information content (AvgIpc) is 2.81. The minimum absolute atomic E-state index is 0. The maximum absolute atomic E-state index is 11.8. The zero-order valence-corrected chi connectivity index (χ0v) is 21.5. The Kier molecular flexibility index (Phi) is 14.1. The normalized spacial score (nSPS) is 10.8. The summed E-state index contributed by atoms with van der Waals surface area (Å²) in [6.45, 7) is 5.50. The van der Waals surface area contributed by atoms with Crippen LogP contribution in [0.15, 0.2) is 53.5 Å². The number of hydrogen-bond acceptors (Lipinski definition) is 4. The molecule has 0 unspecified atom stereocenters. The molecule has 0 bridgehead atoms. The molecule has 176 valence electrons. The van der Waals surface area contributed by atoms with E-state index in [1.165, 1.54) is 0 Å². The maximum atomic E-state index is 11.8. The largest absolute Gasteiger partial charge is 0.497 e. The minimum atomic E-state index is -0.0704. The highest BCUT2D eigenvalue weighted by Gasteiger charge is 2.04. The molecule has 0 aliphatic heterocycles. The molecule has 0 atom stereocenters. The first-order valence-corrected chi connectivity index (χ1v) is 10.7. The molecule has 2 aromatic carbocycles. The van der Waals surface area contributed by atoms with Gasteiger partial charge in [0.25, 0.3) is 5.91 Å². The Balaban J connectivity index is 0.00000512. The molecule has 0 saturated heterocycles. The summed E-state index contributed by atoms with van der Waals surface area (Å²) in [6.07, 6.45) is 1.65. The molecule has 0 aliphatic rings. The highest BCUT2D eigenvalue weighted by molar-refractivity contribution is 14.0. The van der Waals surface area contributed by atoms with Crippen molar-refractivity contribution in [2.75, 3.05) is 40.4 Å². The lowest BCUT2D eigenvalue weighted by Gasteiger charge is -2.12. The smallest absolute Gasteiger partial charge is 0.251 e. The van der Waals surface area contributed by atoms with Gasteiger partial charge in [-0.05, 0) is 55.2 Å².